The Kier molecular flexibility index (Phi) is 3.93. The Morgan fingerprint density at radius 2 is 2.22 bits per heavy atom. The molecule has 1 amide bonds. The topological polar surface area (TPSA) is 46.3 Å². The molecule has 0 saturated heterocycles. The Balaban J connectivity index is 2.21. The molecule has 1 unspecified atom stereocenters. The van der Waals surface area contributed by atoms with Crippen molar-refractivity contribution >= 4 is 17.5 Å². The molecule has 1 aliphatic rings. The molecule has 3 nitrogen and oxygen atoms in total. The van der Waals surface area contributed by atoms with Gasteiger partial charge >= 0.3 is 0 Å². The van der Waals surface area contributed by atoms with Crippen LogP contribution in [0.5, 0.6) is 0 Å². The van der Waals surface area contributed by atoms with Crippen LogP contribution in [0, 0.1) is 12.8 Å². The minimum Gasteiger partial charge on any atom is -0.337 e. The van der Waals surface area contributed by atoms with Crippen LogP contribution in [0.3, 0.4) is 0 Å². The molecule has 18 heavy (non-hydrogen) atoms. The van der Waals surface area contributed by atoms with Crippen LogP contribution in [0.1, 0.15) is 28.8 Å². The fourth-order valence-electron chi connectivity index (χ4n) is 2.31. The molecule has 2 rings (SSSR count). The van der Waals surface area contributed by atoms with Crippen LogP contribution in [-0.2, 0) is 0 Å². The molecular weight excluding hydrogens is 248 g/mol. The first kappa shape index (κ1) is 13.4. The van der Waals surface area contributed by atoms with E-state index in [9.17, 15) is 4.79 Å². The zero-order valence-electron chi connectivity index (χ0n) is 10.8. The molecule has 0 aliphatic heterocycles. The highest BCUT2D eigenvalue weighted by Gasteiger charge is 2.35. The van der Waals surface area contributed by atoms with Gasteiger partial charge in [0.05, 0.1) is 0 Å². The van der Waals surface area contributed by atoms with Gasteiger partial charge in [-0.2, -0.15) is 0 Å². The third-order valence-corrected chi connectivity index (χ3v) is 3.89. The minimum atomic E-state index is 0.0114. The molecule has 1 aliphatic carbocycles. The van der Waals surface area contributed by atoms with Gasteiger partial charge in [0.1, 0.15) is 0 Å². The molecule has 0 bridgehead atoms. The van der Waals surface area contributed by atoms with Crippen LogP contribution < -0.4 is 5.73 Å². The van der Waals surface area contributed by atoms with Gasteiger partial charge in [0.15, 0.2) is 0 Å². The van der Waals surface area contributed by atoms with E-state index in [-0.39, 0.29) is 11.9 Å². The van der Waals surface area contributed by atoms with E-state index in [0.717, 1.165) is 5.56 Å². The quantitative estimate of drug-likeness (QED) is 0.910. The third-order valence-electron chi connectivity index (χ3n) is 3.66. The number of carbonyl (C=O) groups excluding carboxylic acids is 1. The van der Waals surface area contributed by atoms with E-state index in [1.54, 1.807) is 17.0 Å². The summed E-state index contributed by atoms with van der Waals surface area (Å²) in [5.41, 5.74) is 7.40. The maximum absolute atomic E-state index is 12.5. The van der Waals surface area contributed by atoms with E-state index in [1.807, 2.05) is 20.0 Å². The van der Waals surface area contributed by atoms with Crippen LogP contribution in [0.4, 0.5) is 0 Å². The first-order chi connectivity index (χ1) is 8.54. The van der Waals surface area contributed by atoms with Gasteiger partial charge in [-0.25, -0.2) is 0 Å². The lowest BCUT2D eigenvalue weighted by Crippen LogP contribution is -2.43. The Hall–Kier alpha value is -1.06. The Bertz CT molecular complexity index is 457. The summed E-state index contributed by atoms with van der Waals surface area (Å²) >= 11 is 5.96. The number of aryl methyl sites for hydroxylation is 1. The predicted octanol–water partition coefficient (Wildman–Crippen LogP) is 2.46. The summed E-state index contributed by atoms with van der Waals surface area (Å²) in [4.78, 5) is 14.2. The summed E-state index contributed by atoms with van der Waals surface area (Å²) in [7, 11) is 1.83. The fourth-order valence-corrected chi connectivity index (χ4v) is 2.49. The second kappa shape index (κ2) is 5.29. The number of nitrogens with two attached hydrogens (primary N) is 1. The maximum Gasteiger partial charge on any atom is 0.254 e. The minimum absolute atomic E-state index is 0.0114. The lowest BCUT2D eigenvalue weighted by molar-refractivity contribution is 0.0718. The first-order valence-corrected chi connectivity index (χ1v) is 6.65. The van der Waals surface area contributed by atoms with Gasteiger partial charge in [-0.3, -0.25) is 4.79 Å². The van der Waals surface area contributed by atoms with Crippen molar-refractivity contribution in [2.24, 2.45) is 11.7 Å². The molecule has 0 spiro atoms. The summed E-state index contributed by atoms with van der Waals surface area (Å²) in [5, 5.41) is 0.591. The van der Waals surface area contributed by atoms with Gasteiger partial charge in [0, 0.05) is 30.2 Å². The monoisotopic (exact) mass is 266 g/mol. The van der Waals surface area contributed by atoms with Crippen molar-refractivity contribution < 1.29 is 4.79 Å². The van der Waals surface area contributed by atoms with Crippen molar-refractivity contribution in [3.05, 3.63) is 34.3 Å². The summed E-state index contributed by atoms with van der Waals surface area (Å²) < 4.78 is 0. The molecule has 4 heteroatoms. The number of rotatable bonds is 4. The molecule has 0 aromatic heterocycles. The van der Waals surface area contributed by atoms with E-state index in [1.165, 1.54) is 12.8 Å². The van der Waals surface area contributed by atoms with Crippen molar-refractivity contribution in [3.63, 3.8) is 0 Å². The van der Waals surface area contributed by atoms with Crippen LogP contribution in [0.15, 0.2) is 18.2 Å². The highest BCUT2D eigenvalue weighted by atomic mass is 35.5. The summed E-state index contributed by atoms with van der Waals surface area (Å²) in [6.45, 7) is 2.44. The number of benzene rings is 1. The zero-order chi connectivity index (χ0) is 13.3. The second-order valence-electron chi connectivity index (χ2n) is 5.02. The average molecular weight is 267 g/mol. The van der Waals surface area contributed by atoms with Crippen molar-refractivity contribution in [2.45, 2.75) is 25.8 Å². The largest absolute Gasteiger partial charge is 0.337 e. The molecule has 1 atom stereocenters. The van der Waals surface area contributed by atoms with Gasteiger partial charge in [-0.05, 0) is 43.4 Å². The lowest BCUT2D eigenvalue weighted by atomic mass is 10.1. The Labute approximate surface area is 113 Å². The molecule has 1 fully saturated rings. The fraction of sp³-hybridized carbons (Fsp3) is 0.500. The van der Waals surface area contributed by atoms with Gasteiger partial charge in [0.2, 0.25) is 0 Å². The molecule has 2 N–H and O–H groups in total. The summed E-state index contributed by atoms with van der Waals surface area (Å²) in [6.07, 6.45) is 2.35. The smallest absolute Gasteiger partial charge is 0.254 e. The first-order valence-electron chi connectivity index (χ1n) is 6.28. The van der Waals surface area contributed by atoms with E-state index in [0.29, 0.717) is 23.0 Å². The number of hydrogen-bond acceptors (Lipinski definition) is 2. The normalized spacial score (nSPS) is 16.4. The highest BCUT2D eigenvalue weighted by Crippen LogP contribution is 2.35. The Morgan fingerprint density at radius 1 is 1.56 bits per heavy atom. The number of nitrogens with zero attached hydrogens (tertiary/aromatic N) is 1. The number of carbonyl (C=O) groups is 1. The SMILES string of the molecule is Cc1ccc(Cl)cc1C(=O)N(C)C(CN)C1CC1. The second-order valence-corrected chi connectivity index (χ2v) is 5.45. The molecule has 0 heterocycles. The number of amides is 1. The zero-order valence-corrected chi connectivity index (χ0v) is 11.6. The van der Waals surface area contributed by atoms with Crippen molar-refractivity contribution in [1.29, 1.82) is 0 Å². The standard InChI is InChI=1S/C14H19ClN2O/c1-9-3-6-11(15)7-12(9)14(18)17(2)13(8-16)10-4-5-10/h3,6-7,10,13H,4-5,8,16H2,1-2H3. The lowest BCUT2D eigenvalue weighted by Gasteiger charge is -2.27. The third kappa shape index (κ3) is 2.68. The van der Waals surface area contributed by atoms with Crippen molar-refractivity contribution in [3.8, 4) is 0 Å². The maximum atomic E-state index is 12.5. The predicted molar refractivity (Wildman–Crippen MR) is 73.8 cm³/mol. The molecular formula is C14H19ClN2O. The van der Waals surface area contributed by atoms with Gasteiger partial charge < -0.3 is 10.6 Å². The van der Waals surface area contributed by atoms with Gasteiger partial charge in [-0.1, -0.05) is 17.7 Å². The van der Waals surface area contributed by atoms with Crippen LogP contribution in [-0.4, -0.2) is 30.4 Å². The van der Waals surface area contributed by atoms with E-state index < -0.39 is 0 Å². The number of halogens is 1. The molecule has 98 valence electrons. The number of likely N-dealkylation sites (N-methyl/N-ethyl adjacent to an activating group) is 1. The van der Waals surface area contributed by atoms with Crippen LogP contribution in [0.25, 0.3) is 0 Å². The van der Waals surface area contributed by atoms with Crippen molar-refractivity contribution in [1.82, 2.24) is 4.90 Å². The highest BCUT2D eigenvalue weighted by molar-refractivity contribution is 6.31. The summed E-state index contributed by atoms with van der Waals surface area (Å²) in [6, 6.07) is 5.55. The molecule has 1 aromatic rings. The van der Waals surface area contributed by atoms with E-state index in [4.69, 9.17) is 17.3 Å². The summed E-state index contributed by atoms with van der Waals surface area (Å²) in [5.74, 6) is 0.584. The van der Waals surface area contributed by atoms with E-state index in [2.05, 4.69) is 0 Å². The molecule has 0 radical (unpaired) electrons. The molecule has 1 saturated carbocycles. The number of hydrogen-bond donors (Lipinski definition) is 1. The van der Waals surface area contributed by atoms with Gasteiger partial charge in [0.25, 0.3) is 5.91 Å². The molecule has 1 aromatic carbocycles. The average Bonchev–Trinajstić information content (AvgIpc) is 3.16. The van der Waals surface area contributed by atoms with Crippen molar-refractivity contribution in [2.75, 3.05) is 13.6 Å². The van der Waals surface area contributed by atoms with E-state index >= 15 is 0 Å². The Morgan fingerprint density at radius 3 is 2.78 bits per heavy atom. The van der Waals surface area contributed by atoms with Crippen LogP contribution in [0.2, 0.25) is 5.02 Å². The van der Waals surface area contributed by atoms with Crippen LogP contribution >= 0.6 is 11.6 Å². The van der Waals surface area contributed by atoms with Gasteiger partial charge in [-0.15, -0.1) is 0 Å².